The molecule has 2 aromatic carbocycles. The Kier molecular flexibility index (Phi) is 3.03. The Labute approximate surface area is 124 Å². The van der Waals surface area contributed by atoms with Gasteiger partial charge < -0.3 is 4.90 Å². The fourth-order valence-corrected chi connectivity index (χ4v) is 3.15. The number of hydrogen-bond acceptors (Lipinski definition) is 1. The summed E-state index contributed by atoms with van der Waals surface area (Å²) in [6.07, 6.45) is 0. The van der Waals surface area contributed by atoms with E-state index in [1.54, 1.807) is 0 Å². The van der Waals surface area contributed by atoms with Crippen LogP contribution in [0.25, 0.3) is 0 Å². The third kappa shape index (κ3) is 1.91. The van der Waals surface area contributed by atoms with E-state index in [1.165, 1.54) is 5.56 Å². The lowest BCUT2D eigenvalue weighted by molar-refractivity contribution is 1.05. The predicted octanol–water partition coefficient (Wildman–Crippen LogP) is 4.29. The largest absolute Gasteiger partial charge is 0.320 e. The molecule has 1 N–H and O–H groups in total. The maximum atomic E-state index is 8.24. The van der Waals surface area contributed by atoms with Crippen LogP contribution in [0.2, 0.25) is 5.02 Å². The second kappa shape index (κ2) is 4.55. The molecular formula is C14H10ClIN2. The van der Waals surface area contributed by atoms with Crippen LogP contribution < -0.4 is 4.90 Å². The maximum Gasteiger partial charge on any atom is 0.133 e. The molecule has 0 amide bonds. The highest BCUT2D eigenvalue weighted by atomic mass is 127. The first-order valence-electron chi connectivity index (χ1n) is 5.56. The molecule has 0 saturated heterocycles. The fourth-order valence-electron chi connectivity index (χ4n) is 2.19. The van der Waals surface area contributed by atoms with Crippen LogP contribution in [0.5, 0.6) is 0 Å². The van der Waals surface area contributed by atoms with E-state index in [0.717, 1.165) is 21.4 Å². The van der Waals surface area contributed by atoms with Crippen molar-refractivity contribution >= 4 is 45.7 Å². The standard InChI is InChI=1S/C14H10ClIN2/c15-12-7-10(16)5-6-13(12)18-8-9-3-1-2-4-11(9)14(18)17/h1-7,17H,8H2. The molecule has 1 heterocycles. The SMILES string of the molecule is N=C1c2ccccc2CN1c1ccc(I)cc1Cl. The van der Waals surface area contributed by atoms with Gasteiger partial charge in [0.25, 0.3) is 0 Å². The summed E-state index contributed by atoms with van der Waals surface area (Å²) >= 11 is 8.51. The molecule has 90 valence electrons. The summed E-state index contributed by atoms with van der Waals surface area (Å²) < 4.78 is 1.10. The number of hydrogen-bond donors (Lipinski definition) is 1. The Hall–Kier alpha value is -1.07. The van der Waals surface area contributed by atoms with E-state index >= 15 is 0 Å². The summed E-state index contributed by atoms with van der Waals surface area (Å²) in [7, 11) is 0. The van der Waals surface area contributed by atoms with Crippen LogP contribution in [0, 0.1) is 8.98 Å². The molecule has 0 unspecified atom stereocenters. The Bertz CT molecular complexity index is 639. The number of halogens is 2. The zero-order valence-corrected chi connectivity index (χ0v) is 12.4. The molecule has 2 aromatic rings. The molecule has 18 heavy (non-hydrogen) atoms. The molecule has 0 bridgehead atoms. The first kappa shape index (κ1) is 12.0. The van der Waals surface area contributed by atoms with E-state index in [-0.39, 0.29) is 0 Å². The first-order chi connectivity index (χ1) is 8.66. The molecule has 0 atom stereocenters. The minimum absolute atomic E-state index is 0.522. The second-order valence-electron chi connectivity index (χ2n) is 4.19. The van der Waals surface area contributed by atoms with Gasteiger partial charge in [0.15, 0.2) is 0 Å². The quantitative estimate of drug-likeness (QED) is 0.747. The van der Waals surface area contributed by atoms with E-state index in [2.05, 4.69) is 28.7 Å². The van der Waals surface area contributed by atoms with Crippen LogP contribution in [0.3, 0.4) is 0 Å². The molecule has 2 nitrogen and oxygen atoms in total. The predicted molar refractivity (Wildman–Crippen MR) is 83.6 cm³/mol. The maximum absolute atomic E-state index is 8.24. The van der Waals surface area contributed by atoms with Crippen LogP contribution >= 0.6 is 34.2 Å². The van der Waals surface area contributed by atoms with Gasteiger partial charge in [-0.2, -0.15) is 0 Å². The van der Waals surface area contributed by atoms with E-state index in [1.807, 2.05) is 41.3 Å². The number of fused-ring (bicyclic) bond motifs is 1. The smallest absolute Gasteiger partial charge is 0.133 e. The number of nitrogens with zero attached hydrogens (tertiary/aromatic N) is 1. The zero-order chi connectivity index (χ0) is 12.7. The highest BCUT2D eigenvalue weighted by Gasteiger charge is 2.26. The number of anilines is 1. The van der Waals surface area contributed by atoms with Gasteiger partial charge in [0.1, 0.15) is 5.84 Å². The van der Waals surface area contributed by atoms with Crippen LogP contribution in [-0.4, -0.2) is 5.84 Å². The molecule has 0 aliphatic carbocycles. The van der Waals surface area contributed by atoms with Gasteiger partial charge in [-0.3, -0.25) is 5.41 Å². The molecule has 0 saturated carbocycles. The van der Waals surface area contributed by atoms with Crippen molar-refractivity contribution in [3.63, 3.8) is 0 Å². The fraction of sp³-hybridized carbons (Fsp3) is 0.0714. The van der Waals surface area contributed by atoms with Crippen LogP contribution in [0.4, 0.5) is 5.69 Å². The van der Waals surface area contributed by atoms with Crippen molar-refractivity contribution in [2.75, 3.05) is 4.90 Å². The van der Waals surface area contributed by atoms with Crippen LogP contribution in [0.1, 0.15) is 11.1 Å². The highest BCUT2D eigenvalue weighted by molar-refractivity contribution is 14.1. The summed E-state index contributed by atoms with van der Waals surface area (Å²) in [5.41, 5.74) is 3.07. The van der Waals surface area contributed by atoms with E-state index in [0.29, 0.717) is 10.9 Å². The number of nitrogens with one attached hydrogen (secondary N) is 1. The van der Waals surface area contributed by atoms with Crippen molar-refractivity contribution < 1.29 is 0 Å². The molecule has 1 aliphatic heterocycles. The van der Waals surface area contributed by atoms with E-state index in [4.69, 9.17) is 17.0 Å². The lowest BCUT2D eigenvalue weighted by Gasteiger charge is -2.19. The van der Waals surface area contributed by atoms with Crippen LogP contribution in [-0.2, 0) is 6.54 Å². The lowest BCUT2D eigenvalue weighted by Crippen LogP contribution is -2.23. The summed E-state index contributed by atoms with van der Waals surface area (Å²) in [5.74, 6) is 0.522. The number of rotatable bonds is 1. The molecule has 3 rings (SSSR count). The van der Waals surface area contributed by atoms with Crippen LogP contribution in [0.15, 0.2) is 42.5 Å². The van der Waals surface area contributed by atoms with E-state index < -0.39 is 0 Å². The van der Waals surface area contributed by atoms with Gasteiger partial charge in [-0.1, -0.05) is 35.9 Å². The third-order valence-electron chi connectivity index (χ3n) is 3.07. The Balaban J connectivity index is 2.04. The molecule has 0 aromatic heterocycles. The Morgan fingerprint density at radius 1 is 1.17 bits per heavy atom. The number of amidine groups is 1. The minimum Gasteiger partial charge on any atom is -0.320 e. The normalized spacial score (nSPS) is 13.9. The minimum atomic E-state index is 0.522. The van der Waals surface area contributed by atoms with Gasteiger partial charge >= 0.3 is 0 Å². The number of benzene rings is 2. The second-order valence-corrected chi connectivity index (χ2v) is 5.84. The zero-order valence-electron chi connectivity index (χ0n) is 9.45. The van der Waals surface area contributed by atoms with Crippen molar-refractivity contribution in [1.29, 1.82) is 5.41 Å². The molecule has 1 aliphatic rings. The molecule has 0 fully saturated rings. The summed E-state index contributed by atoms with van der Waals surface area (Å²) in [5, 5.41) is 8.93. The third-order valence-corrected chi connectivity index (χ3v) is 4.05. The molecular weight excluding hydrogens is 359 g/mol. The first-order valence-corrected chi connectivity index (χ1v) is 7.02. The molecule has 0 spiro atoms. The van der Waals surface area contributed by atoms with Gasteiger partial charge in [0.2, 0.25) is 0 Å². The van der Waals surface area contributed by atoms with Crippen molar-refractivity contribution in [2.45, 2.75) is 6.54 Å². The van der Waals surface area contributed by atoms with Gasteiger partial charge in [-0.15, -0.1) is 0 Å². The Morgan fingerprint density at radius 3 is 2.67 bits per heavy atom. The lowest BCUT2D eigenvalue weighted by atomic mass is 10.1. The average molecular weight is 369 g/mol. The molecule has 4 heteroatoms. The van der Waals surface area contributed by atoms with Gasteiger partial charge in [0.05, 0.1) is 17.3 Å². The topological polar surface area (TPSA) is 27.1 Å². The molecule has 0 radical (unpaired) electrons. The van der Waals surface area contributed by atoms with Gasteiger partial charge in [0, 0.05) is 9.13 Å². The summed E-state index contributed by atoms with van der Waals surface area (Å²) in [4.78, 5) is 1.95. The Morgan fingerprint density at radius 2 is 1.94 bits per heavy atom. The summed E-state index contributed by atoms with van der Waals surface area (Å²) in [6.45, 7) is 0.718. The van der Waals surface area contributed by atoms with Gasteiger partial charge in [-0.05, 0) is 46.4 Å². The summed E-state index contributed by atoms with van der Waals surface area (Å²) in [6, 6.07) is 13.9. The average Bonchev–Trinajstić information content (AvgIpc) is 2.68. The monoisotopic (exact) mass is 368 g/mol. The highest BCUT2D eigenvalue weighted by Crippen LogP contribution is 2.33. The van der Waals surface area contributed by atoms with Gasteiger partial charge in [-0.25, -0.2) is 0 Å². The van der Waals surface area contributed by atoms with Crippen molar-refractivity contribution in [3.05, 3.63) is 62.2 Å². The van der Waals surface area contributed by atoms with E-state index in [9.17, 15) is 0 Å². The van der Waals surface area contributed by atoms with Crippen molar-refractivity contribution in [3.8, 4) is 0 Å². The van der Waals surface area contributed by atoms with Crippen molar-refractivity contribution in [2.24, 2.45) is 0 Å². The van der Waals surface area contributed by atoms with Crippen molar-refractivity contribution in [1.82, 2.24) is 0 Å².